The van der Waals surface area contributed by atoms with E-state index in [0.29, 0.717) is 10.9 Å². The molecule has 6 heteroatoms. The summed E-state index contributed by atoms with van der Waals surface area (Å²) < 4.78 is 0. The fourth-order valence-electron chi connectivity index (χ4n) is 1.34. The Morgan fingerprint density at radius 3 is 2.88 bits per heavy atom. The number of aromatic nitrogens is 2. The number of H-pyrrole nitrogens is 1. The van der Waals surface area contributed by atoms with Gasteiger partial charge in [-0.05, 0) is 19.1 Å². The van der Waals surface area contributed by atoms with Crippen molar-refractivity contribution < 1.29 is 9.90 Å². The standard InChI is InChI=1S/C11H10N2O3S/c1-6(10(15)16)17-11-12-8-5-3-2-4-7(8)9(14)13-11/h2-6H,1H3,(H,15,16)(H,12,13,14)/p-1/t6-/m1/s1. The molecule has 5 nitrogen and oxygen atoms in total. The van der Waals surface area contributed by atoms with Gasteiger partial charge in [0, 0.05) is 5.25 Å². The number of carbonyl (C=O) groups excluding carboxylic acids is 1. The van der Waals surface area contributed by atoms with E-state index >= 15 is 0 Å². The lowest BCUT2D eigenvalue weighted by Gasteiger charge is -2.10. The van der Waals surface area contributed by atoms with Gasteiger partial charge >= 0.3 is 0 Å². The number of carboxylic acids is 1. The van der Waals surface area contributed by atoms with Crippen molar-refractivity contribution in [1.82, 2.24) is 9.97 Å². The van der Waals surface area contributed by atoms with Crippen molar-refractivity contribution in [2.75, 3.05) is 0 Å². The number of para-hydroxylation sites is 1. The second kappa shape index (κ2) is 4.58. The Kier molecular flexibility index (Phi) is 3.14. The van der Waals surface area contributed by atoms with E-state index in [9.17, 15) is 14.7 Å². The zero-order chi connectivity index (χ0) is 12.4. The molecular formula is C11H9N2O3S-. The van der Waals surface area contributed by atoms with Crippen molar-refractivity contribution in [2.24, 2.45) is 0 Å². The van der Waals surface area contributed by atoms with Crippen molar-refractivity contribution >= 4 is 28.6 Å². The normalized spacial score (nSPS) is 12.5. The second-order valence-corrected chi connectivity index (χ2v) is 4.80. The summed E-state index contributed by atoms with van der Waals surface area (Å²) in [5.74, 6) is -1.19. The van der Waals surface area contributed by atoms with Crippen LogP contribution < -0.4 is 10.7 Å². The highest BCUT2D eigenvalue weighted by Gasteiger charge is 2.09. The second-order valence-electron chi connectivity index (χ2n) is 3.47. The number of hydrogen-bond donors (Lipinski definition) is 1. The van der Waals surface area contributed by atoms with Crippen LogP contribution in [0.5, 0.6) is 0 Å². The number of benzene rings is 1. The van der Waals surface area contributed by atoms with E-state index in [0.717, 1.165) is 11.8 Å². The third-order valence-corrected chi connectivity index (χ3v) is 3.17. The molecular weight excluding hydrogens is 240 g/mol. The van der Waals surface area contributed by atoms with E-state index < -0.39 is 11.2 Å². The molecule has 17 heavy (non-hydrogen) atoms. The molecule has 0 saturated carbocycles. The molecule has 1 N–H and O–H groups in total. The molecule has 0 fully saturated rings. The molecule has 0 amide bonds. The summed E-state index contributed by atoms with van der Waals surface area (Å²) in [6, 6.07) is 6.89. The minimum Gasteiger partial charge on any atom is -0.549 e. The number of nitrogens with one attached hydrogen (secondary N) is 1. The Balaban J connectivity index is 2.44. The monoisotopic (exact) mass is 249 g/mol. The van der Waals surface area contributed by atoms with Crippen molar-refractivity contribution in [3.05, 3.63) is 34.6 Å². The molecule has 0 bridgehead atoms. The van der Waals surface area contributed by atoms with Gasteiger partial charge in [0.15, 0.2) is 5.16 Å². The summed E-state index contributed by atoms with van der Waals surface area (Å²) in [7, 11) is 0. The Morgan fingerprint density at radius 1 is 1.47 bits per heavy atom. The summed E-state index contributed by atoms with van der Waals surface area (Å²) in [5, 5.41) is 10.6. The zero-order valence-electron chi connectivity index (χ0n) is 8.97. The molecule has 0 radical (unpaired) electrons. The minimum absolute atomic E-state index is 0.274. The molecule has 0 unspecified atom stereocenters. The highest BCUT2D eigenvalue weighted by Crippen LogP contribution is 2.19. The Labute approximate surface area is 101 Å². The van der Waals surface area contributed by atoms with Crippen LogP contribution in [0.15, 0.2) is 34.2 Å². The maximum Gasteiger partial charge on any atom is 0.259 e. The molecule has 88 valence electrons. The molecule has 1 atom stereocenters. The van der Waals surface area contributed by atoms with Crippen LogP contribution in [-0.2, 0) is 4.79 Å². The average molecular weight is 249 g/mol. The summed E-state index contributed by atoms with van der Waals surface area (Å²) in [6.45, 7) is 1.48. The number of rotatable bonds is 3. The zero-order valence-corrected chi connectivity index (χ0v) is 9.78. The number of thioether (sulfide) groups is 1. The molecule has 1 heterocycles. The van der Waals surface area contributed by atoms with Crippen LogP contribution in [0.3, 0.4) is 0 Å². The largest absolute Gasteiger partial charge is 0.549 e. The SMILES string of the molecule is C[C@@H](Sc1nc2ccccc2c(=O)[nH]1)C(=O)[O-]. The van der Waals surface area contributed by atoms with Crippen molar-refractivity contribution in [3.63, 3.8) is 0 Å². The summed E-state index contributed by atoms with van der Waals surface area (Å²) in [5.41, 5.74) is 0.271. The van der Waals surface area contributed by atoms with E-state index in [1.807, 2.05) is 0 Å². The number of fused-ring (bicyclic) bond motifs is 1. The molecule has 1 aromatic carbocycles. The van der Waals surface area contributed by atoms with Gasteiger partial charge in [-0.3, -0.25) is 4.79 Å². The van der Waals surface area contributed by atoms with Gasteiger partial charge < -0.3 is 14.9 Å². The number of nitrogens with zero attached hydrogens (tertiary/aromatic N) is 1. The molecule has 2 rings (SSSR count). The Morgan fingerprint density at radius 2 is 2.18 bits per heavy atom. The summed E-state index contributed by atoms with van der Waals surface area (Å²) >= 11 is 0.952. The predicted octanol–water partition coefficient (Wildman–Crippen LogP) is 0.154. The smallest absolute Gasteiger partial charge is 0.259 e. The van der Waals surface area contributed by atoms with E-state index in [-0.39, 0.29) is 10.7 Å². The van der Waals surface area contributed by atoms with Crippen molar-refractivity contribution in [2.45, 2.75) is 17.3 Å². The average Bonchev–Trinajstić information content (AvgIpc) is 2.29. The highest BCUT2D eigenvalue weighted by atomic mass is 32.2. The molecule has 1 aromatic heterocycles. The first-order valence-corrected chi connectivity index (χ1v) is 5.82. The van der Waals surface area contributed by atoms with Gasteiger partial charge in [-0.1, -0.05) is 23.9 Å². The molecule has 0 spiro atoms. The summed E-state index contributed by atoms with van der Waals surface area (Å²) in [6.07, 6.45) is 0. The van der Waals surface area contributed by atoms with Crippen LogP contribution in [0.4, 0.5) is 0 Å². The minimum atomic E-state index is -1.19. The van der Waals surface area contributed by atoms with Crippen molar-refractivity contribution in [3.8, 4) is 0 Å². The molecule has 0 aliphatic heterocycles. The number of carbonyl (C=O) groups is 1. The van der Waals surface area contributed by atoms with Gasteiger partial charge in [0.1, 0.15) is 0 Å². The van der Waals surface area contributed by atoms with E-state index in [1.54, 1.807) is 24.3 Å². The number of aromatic amines is 1. The number of aliphatic carboxylic acids is 1. The highest BCUT2D eigenvalue weighted by molar-refractivity contribution is 8.00. The van der Waals surface area contributed by atoms with Crippen LogP contribution in [0.1, 0.15) is 6.92 Å². The Bertz CT molecular complexity index is 623. The van der Waals surface area contributed by atoms with Gasteiger partial charge in [-0.25, -0.2) is 4.98 Å². The lowest BCUT2D eigenvalue weighted by molar-refractivity contribution is -0.304. The lowest BCUT2D eigenvalue weighted by atomic mass is 10.2. The quantitative estimate of drug-likeness (QED) is 0.618. The third-order valence-electron chi connectivity index (χ3n) is 2.21. The van der Waals surface area contributed by atoms with Gasteiger partial charge in [0.2, 0.25) is 0 Å². The molecule has 0 aliphatic rings. The first-order chi connectivity index (χ1) is 8.08. The van der Waals surface area contributed by atoms with Gasteiger partial charge in [0.05, 0.1) is 16.9 Å². The van der Waals surface area contributed by atoms with Crippen molar-refractivity contribution in [1.29, 1.82) is 0 Å². The molecule has 2 aromatic rings. The van der Waals surface area contributed by atoms with Crippen LogP contribution in [0.2, 0.25) is 0 Å². The first-order valence-electron chi connectivity index (χ1n) is 4.94. The maximum absolute atomic E-state index is 11.7. The fourth-order valence-corrected chi connectivity index (χ4v) is 2.07. The van der Waals surface area contributed by atoms with E-state index in [2.05, 4.69) is 9.97 Å². The van der Waals surface area contributed by atoms with Crippen LogP contribution >= 0.6 is 11.8 Å². The lowest BCUT2D eigenvalue weighted by Crippen LogP contribution is -2.31. The molecule has 0 saturated heterocycles. The number of hydrogen-bond acceptors (Lipinski definition) is 5. The van der Waals surface area contributed by atoms with Gasteiger partial charge in [0.25, 0.3) is 5.56 Å². The first kappa shape index (κ1) is 11.7. The topological polar surface area (TPSA) is 85.9 Å². The number of carboxylic acid groups (broad SMARTS) is 1. The van der Waals surface area contributed by atoms with Crippen LogP contribution in [-0.4, -0.2) is 21.2 Å². The Hall–Kier alpha value is -1.82. The van der Waals surface area contributed by atoms with E-state index in [1.165, 1.54) is 6.92 Å². The fraction of sp³-hybridized carbons (Fsp3) is 0.182. The summed E-state index contributed by atoms with van der Waals surface area (Å²) in [4.78, 5) is 29.0. The van der Waals surface area contributed by atoms with Gasteiger partial charge in [-0.15, -0.1) is 0 Å². The third kappa shape index (κ3) is 2.47. The maximum atomic E-state index is 11.7. The van der Waals surface area contributed by atoms with Crippen LogP contribution in [0, 0.1) is 0 Å². The molecule has 0 aliphatic carbocycles. The van der Waals surface area contributed by atoms with Crippen LogP contribution in [0.25, 0.3) is 10.9 Å². The predicted molar refractivity (Wildman–Crippen MR) is 62.7 cm³/mol. The van der Waals surface area contributed by atoms with E-state index in [4.69, 9.17) is 0 Å². The van der Waals surface area contributed by atoms with Gasteiger partial charge in [-0.2, -0.15) is 0 Å².